The maximum Gasteiger partial charge on any atom is 0.323 e. The minimum absolute atomic E-state index is 0.00531. The molecular formula is C14H16N2O3. The summed E-state index contributed by atoms with van der Waals surface area (Å²) in [5, 5.41) is 11.6. The van der Waals surface area contributed by atoms with Crippen LogP contribution in [0.5, 0.6) is 0 Å². The molecule has 1 aromatic carbocycles. The molecule has 1 aromatic rings. The highest BCUT2D eigenvalue weighted by Crippen LogP contribution is 2.15. The van der Waals surface area contributed by atoms with Crippen LogP contribution in [-0.2, 0) is 9.59 Å². The van der Waals surface area contributed by atoms with Gasteiger partial charge in [-0.25, -0.2) is 0 Å². The number of aryl methyl sites for hydroxylation is 1. The summed E-state index contributed by atoms with van der Waals surface area (Å²) < 4.78 is 0. The van der Waals surface area contributed by atoms with Crippen LogP contribution in [0.4, 0.5) is 5.69 Å². The highest BCUT2D eigenvalue weighted by molar-refractivity contribution is 5.98. The molecule has 0 aliphatic carbocycles. The zero-order chi connectivity index (χ0) is 14.3. The third-order valence-electron chi connectivity index (χ3n) is 2.44. The first-order chi connectivity index (χ1) is 9.04. The van der Waals surface area contributed by atoms with E-state index in [0.717, 1.165) is 5.56 Å². The van der Waals surface area contributed by atoms with Crippen molar-refractivity contribution in [3.8, 4) is 12.3 Å². The summed E-state index contributed by atoms with van der Waals surface area (Å²) in [6, 6.07) is 7.09. The second-order valence-electron chi connectivity index (χ2n) is 4.02. The Hall–Kier alpha value is -2.32. The monoisotopic (exact) mass is 260 g/mol. The van der Waals surface area contributed by atoms with Gasteiger partial charge in [0, 0.05) is 5.69 Å². The van der Waals surface area contributed by atoms with E-state index < -0.39 is 5.97 Å². The lowest BCUT2D eigenvalue weighted by Crippen LogP contribution is -2.41. The van der Waals surface area contributed by atoms with Crippen molar-refractivity contribution < 1.29 is 14.7 Å². The van der Waals surface area contributed by atoms with Crippen molar-refractivity contribution in [3.05, 3.63) is 29.8 Å². The van der Waals surface area contributed by atoms with Gasteiger partial charge in [-0.3, -0.25) is 14.9 Å². The number of nitrogens with zero attached hydrogens (tertiary/aromatic N) is 1. The standard InChI is InChI=1S/C14H16N2O3/c1-3-8-15-9-13(17)16(10-14(18)19)12-6-4-11(2)5-7-12/h1,4-7,15H,8-10H2,2H3,(H,18,19). The molecule has 5 heteroatoms. The summed E-state index contributed by atoms with van der Waals surface area (Å²) in [6.45, 7) is 1.81. The number of carbonyl (C=O) groups is 2. The van der Waals surface area contributed by atoms with Crippen molar-refractivity contribution in [2.45, 2.75) is 6.92 Å². The Kier molecular flexibility index (Phi) is 5.58. The number of carbonyl (C=O) groups excluding carboxylic acids is 1. The van der Waals surface area contributed by atoms with Gasteiger partial charge in [-0.2, -0.15) is 0 Å². The molecule has 0 aliphatic heterocycles. The zero-order valence-corrected chi connectivity index (χ0v) is 10.7. The Balaban J connectivity index is 2.82. The first kappa shape index (κ1) is 14.7. The molecule has 5 nitrogen and oxygen atoms in total. The molecule has 0 atom stereocenters. The number of terminal acetylenes is 1. The first-order valence-electron chi connectivity index (χ1n) is 5.77. The predicted molar refractivity (Wildman–Crippen MR) is 72.9 cm³/mol. The van der Waals surface area contributed by atoms with Gasteiger partial charge in [-0.15, -0.1) is 6.42 Å². The topological polar surface area (TPSA) is 69.6 Å². The van der Waals surface area contributed by atoms with E-state index in [9.17, 15) is 9.59 Å². The molecule has 0 heterocycles. The normalized spacial score (nSPS) is 9.68. The molecule has 2 N–H and O–H groups in total. The third-order valence-corrected chi connectivity index (χ3v) is 2.44. The smallest absolute Gasteiger partial charge is 0.323 e. The first-order valence-corrected chi connectivity index (χ1v) is 5.77. The highest BCUT2D eigenvalue weighted by atomic mass is 16.4. The number of nitrogens with one attached hydrogen (secondary N) is 1. The molecule has 0 aromatic heterocycles. The Labute approximate surface area is 112 Å². The van der Waals surface area contributed by atoms with Gasteiger partial charge in [0.05, 0.1) is 13.1 Å². The molecule has 0 saturated carbocycles. The largest absolute Gasteiger partial charge is 0.480 e. The van der Waals surface area contributed by atoms with E-state index in [4.69, 9.17) is 11.5 Å². The molecule has 0 spiro atoms. The fourth-order valence-corrected chi connectivity index (χ4v) is 1.52. The van der Waals surface area contributed by atoms with Crippen LogP contribution >= 0.6 is 0 Å². The van der Waals surface area contributed by atoms with E-state index in [1.54, 1.807) is 12.1 Å². The lowest BCUT2D eigenvalue weighted by molar-refractivity contribution is -0.136. The minimum Gasteiger partial charge on any atom is -0.480 e. The summed E-state index contributed by atoms with van der Waals surface area (Å²) >= 11 is 0. The third kappa shape index (κ3) is 4.82. The molecule has 1 rings (SSSR count). The fraction of sp³-hybridized carbons (Fsp3) is 0.286. The minimum atomic E-state index is -1.06. The van der Waals surface area contributed by atoms with E-state index >= 15 is 0 Å². The maximum absolute atomic E-state index is 12.0. The van der Waals surface area contributed by atoms with E-state index in [2.05, 4.69) is 11.2 Å². The van der Waals surface area contributed by atoms with E-state index in [0.29, 0.717) is 5.69 Å². The second kappa shape index (κ2) is 7.19. The number of anilines is 1. The molecule has 0 fully saturated rings. The molecule has 100 valence electrons. The number of carboxylic acids is 1. The quantitative estimate of drug-likeness (QED) is 0.581. The van der Waals surface area contributed by atoms with Crippen LogP contribution in [0.15, 0.2) is 24.3 Å². The van der Waals surface area contributed by atoms with E-state index in [-0.39, 0.29) is 25.5 Å². The van der Waals surface area contributed by atoms with Crippen molar-refractivity contribution >= 4 is 17.6 Å². The molecule has 0 radical (unpaired) electrons. The average Bonchev–Trinajstić information content (AvgIpc) is 2.37. The summed E-state index contributed by atoms with van der Waals surface area (Å²) in [5.41, 5.74) is 1.59. The number of amides is 1. The number of aliphatic carboxylic acids is 1. The van der Waals surface area contributed by atoms with Crippen molar-refractivity contribution in [2.24, 2.45) is 0 Å². The Morgan fingerprint density at radius 1 is 1.37 bits per heavy atom. The SMILES string of the molecule is C#CCNCC(=O)N(CC(=O)O)c1ccc(C)cc1. The van der Waals surface area contributed by atoms with Crippen molar-refractivity contribution in [1.29, 1.82) is 0 Å². The van der Waals surface area contributed by atoms with Crippen molar-refractivity contribution in [2.75, 3.05) is 24.5 Å². The van der Waals surface area contributed by atoms with Crippen LogP contribution in [0.2, 0.25) is 0 Å². The number of hydrogen-bond donors (Lipinski definition) is 2. The van der Waals surface area contributed by atoms with Gasteiger partial charge in [0.2, 0.25) is 5.91 Å². The molecular weight excluding hydrogens is 244 g/mol. The van der Waals surface area contributed by atoms with Gasteiger partial charge >= 0.3 is 5.97 Å². The molecule has 0 bridgehead atoms. The lowest BCUT2D eigenvalue weighted by atomic mass is 10.2. The molecule has 1 amide bonds. The highest BCUT2D eigenvalue weighted by Gasteiger charge is 2.18. The van der Waals surface area contributed by atoms with Crippen LogP contribution in [0.3, 0.4) is 0 Å². The Morgan fingerprint density at radius 3 is 2.53 bits per heavy atom. The molecule has 0 saturated heterocycles. The lowest BCUT2D eigenvalue weighted by Gasteiger charge is -2.21. The average molecular weight is 260 g/mol. The number of carboxylic acid groups (broad SMARTS) is 1. The summed E-state index contributed by atoms with van der Waals surface area (Å²) in [4.78, 5) is 24.0. The molecule has 0 unspecified atom stereocenters. The molecule has 0 aliphatic rings. The molecule has 19 heavy (non-hydrogen) atoms. The summed E-state index contributed by atoms with van der Waals surface area (Å²) in [6.07, 6.45) is 5.07. The van der Waals surface area contributed by atoms with Gasteiger partial charge < -0.3 is 10.0 Å². The summed E-state index contributed by atoms with van der Waals surface area (Å²) in [5.74, 6) is 0.956. The number of hydrogen-bond acceptors (Lipinski definition) is 3. The van der Waals surface area contributed by atoms with Gasteiger partial charge in [0.25, 0.3) is 0 Å². The van der Waals surface area contributed by atoms with Gasteiger partial charge in [-0.1, -0.05) is 23.6 Å². The Bertz CT molecular complexity index is 488. The van der Waals surface area contributed by atoms with Gasteiger partial charge in [0.1, 0.15) is 6.54 Å². The zero-order valence-electron chi connectivity index (χ0n) is 10.7. The number of rotatable bonds is 6. The van der Waals surface area contributed by atoms with Gasteiger partial charge in [-0.05, 0) is 19.1 Å². The van der Waals surface area contributed by atoms with Crippen LogP contribution in [0, 0.1) is 19.3 Å². The van der Waals surface area contributed by atoms with Crippen molar-refractivity contribution in [3.63, 3.8) is 0 Å². The maximum atomic E-state index is 12.0. The van der Waals surface area contributed by atoms with Crippen LogP contribution in [0.25, 0.3) is 0 Å². The summed E-state index contributed by atoms with van der Waals surface area (Å²) in [7, 11) is 0. The van der Waals surface area contributed by atoms with Crippen molar-refractivity contribution in [1.82, 2.24) is 5.32 Å². The predicted octanol–water partition coefficient (Wildman–Crippen LogP) is 0.635. The van der Waals surface area contributed by atoms with Crippen LogP contribution < -0.4 is 10.2 Å². The number of benzene rings is 1. The second-order valence-corrected chi connectivity index (χ2v) is 4.02. The van der Waals surface area contributed by atoms with Crippen LogP contribution in [-0.4, -0.2) is 36.6 Å². The van der Waals surface area contributed by atoms with Gasteiger partial charge in [0.15, 0.2) is 0 Å². The van der Waals surface area contributed by atoms with E-state index in [1.165, 1.54) is 4.90 Å². The fourth-order valence-electron chi connectivity index (χ4n) is 1.52. The van der Waals surface area contributed by atoms with Crippen LogP contribution in [0.1, 0.15) is 5.56 Å². The van der Waals surface area contributed by atoms with E-state index in [1.807, 2.05) is 19.1 Å². The Morgan fingerprint density at radius 2 is 2.00 bits per heavy atom.